The summed E-state index contributed by atoms with van der Waals surface area (Å²) in [6.45, 7) is 6.77. The zero-order chi connectivity index (χ0) is 38.2. The van der Waals surface area contributed by atoms with Crippen LogP contribution in [0.25, 0.3) is 83.9 Å². The van der Waals surface area contributed by atoms with Crippen molar-refractivity contribution < 1.29 is 5.11 Å². The molecule has 0 amide bonds. The van der Waals surface area contributed by atoms with Gasteiger partial charge in [0.25, 0.3) is 0 Å². The second-order valence-electron chi connectivity index (χ2n) is 15.3. The van der Waals surface area contributed by atoms with Gasteiger partial charge in [0.1, 0.15) is 11.6 Å². The highest BCUT2D eigenvalue weighted by molar-refractivity contribution is 5.97. The van der Waals surface area contributed by atoms with Gasteiger partial charge in [-0.05, 0) is 111 Å². The molecule has 0 aliphatic rings. The Hall–Kier alpha value is -7.04. The van der Waals surface area contributed by atoms with Crippen LogP contribution in [-0.4, -0.2) is 19.6 Å². The lowest BCUT2D eigenvalue weighted by Crippen LogP contribution is -2.14. The first-order chi connectivity index (χ1) is 27.3. The Kier molecular flexibility index (Phi) is 8.87. The zero-order valence-corrected chi connectivity index (χ0v) is 31.7. The molecule has 2 aromatic heterocycles. The molecule has 0 fully saturated rings. The molecular weight excluding hydrogens is 683 g/mol. The van der Waals surface area contributed by atoms with Crippen LogP contribution < -0.4 is 0 Å². The molecule has 4 nitrogen and oxygen atoms in total. The van der Waals surface area contributed by atoms with E-state index in [2.05, 4.69) is 171 Å². The molecule has 0 radical (unpaired) electrons. The normalized spacial score (nSPS) is 11.6. The summed E-state index contributed by atoms with van der Waals surface area (Å²) in [7, 11) is 0. The van der Waals surface area contributed by atoms with Crippen molar-refractivity contribution in [3.05, 3.63) is 194 Å². The number of fused-ring (bicyclic) bond motifs is 1. The van der Waals surface area contributed by atoms with Gasteiger partial charge in [-0.3, -0.25) is 9.55 Å². The van der Waals surface area contributed by atoms with E-state index in [9.17, 15) is 5.11 Å². The number of hydrogen-bond donors (Lipinski definition) is 1. The van der Waals surface area contributed by atoms with Crippen molar-refractivity contribution in [2.75, 3.05) is 0 Å². The summed E-state index contributed by atoms with van der Waals surface area (Å²) in [5.74, 6) is 0.856. The number of para-hydroxylation sites is 2. The maximum absolute atomic E-state index is 11.3. The van der Waals surface area contributed by atoms with Gasteiger partial charge < -0.3 is 5.11 Å². The van der Waals surface area contributed by atoms with Gasteiger partial charge in [0, 0.05) is 23.0 Å². The average Bonchev–Trinajstić information content (AvgIpc) is 3.64. The van der Waals surface area contributed by atoms with E-state index < -0.39 is 0 Å². The van der Waals surface area contributed by atoms with Crippen molar-refractivity contribution in [2.24, 2.45) is 0 Å². The molecule has 9 aromatic rings. The van der Waals surface area contributed by atoms with Gasteiger partial charge in [-0.25, -0.2) is 4.98 Å². The lowest BCUT2D eigenvalue weighted by Gasteiger charge is -2.25. The van der Waals surface area contributed by atoms with Crippen LogP contribution in [-0.2, 0) is 5.41 Å². The molecule has 0 aliphatic heterocycles. The Labute approximate surface area is 328 Å². The Bertz CT molecular complexity index is 2830. The second-order valence-corrected chi connectivity index (χ2v) is 15.3. The molecule has 9 rings (SSSR count). The number of aromatic hydroxyl groups is 1. The minimum atomic E-state index is -0.141. The van der Waals surface area contributed by atoms with E-state index in [1.54, 1.807) is 6.07 Å². The van der Waals surface area contributed by atoms with E-state index in [-0.39, 0.29) is 11.2 Å². The Balaban J connectivity index is 1.28. The van der Waals surface area contributed by atoms with E-state index >= 15 is 0 Å². The van der Waals surface area contributed by atoms with Crippen LogP contribution in [0.2, 0.25) is 0 Å². The van der Waals surface area contributed by atoms with Crippen LogP contribution in [0.3, 0.4) is 0 Å². The number of benzene rings is 7. The van der Waals surface area contributed by atoms with Crippen LogP contribution in [0.4, 0.5) is 0 Å². The van der Waals surface area contributed by atoms with Gasteiger partial charge >= 0.3 is 0 Å². The number of pyridine rings is 1. The highest BCUT2D eigenvalue weighted by atomic mass is 16.3. The molecule has 4 heteroatoms. The third-order valence-electron chi connectivity index (χ3n) is 10.5. The fourth-order valence-corrected chi connectivity index (χ4v) is 7.73. The summed E-state index contributed by atoms with van der Waals surface area (Å²) in [4.78, 5) is 10.3. The van der Waals surface area contributed by atoms with E-state index in [1.165, 1.54) is 16.7 Å². The van der Waals surface area contributed by atoms with Crippen molar-refractivity contribution in [1.29, 1.82) is 0 Å². The molecule has 2 heterocycles. The van der Waals surface area contributed by atoms with Crippen LogP contribution in [0.15, 0.2) is 188 Å². The molecule has 270 valence electrons. The SMILES string of the molecule is CC(C)(C)c1cc(-n2c(-c3ccccc3O)nc3c(-c4cc(-c5ccccc5)cc(-c5cc(-c6ccccc6)ccn5)c4)cccc32)ccc1-c1ccccc1. The number of nitrogens with zero attached hydrogens (tertiary/aromatic N) is 3. The largest absolute Gasteiger partial charge is 0.507 e. The summed E-state index contributed by atoms with van der Waals surface area (Å²) < 4.78 is 2.20. The van der Waals surface area contributed by atoms with Gasteiger partial charge in [-0.15, -0.1) is 0 Å². The first kappa shape index (κ1) is 34.7. The zero-order valence-electron chi connectivity index (χ0n) is 31.7. The van der Waals surface area contributed by atoms with Gasteiger partial charge in [0.15, 0.2) is 0 Å². The number of rotatable bonds is 7. The van der Waals surface area contributed by atoms with Crippen molar-refractivity contribution in [3.8, 4) is 78.6 Å². The highest BCUT2D eigenvalue weighted by Crippen LogP contribution is 2.41. The predicted octanol–water partition coefficient (Wildman–Crippen LogP) is 13.4. The first-order valence-corrected chi connectivity index (χ1v) is 19.0. The molecule has 0 bridgehead atoms. The third-order valence-corrected chi connectivity index (χ3v) is 10.5. The van der Waals surface area contributed by atoms with Crippen molar-refractivity contribution in [2.45, 2.75) is 26.2 Å². The number of hydrogen-bond acceptors (Lipinski definition) is 3. The Morgan fingerprint density at radius 3 is 1.77 bits per heavy atom. The Morgan fingerprint density at radius 1 is 0.464 bits per heavy atom. The number of imidazole rings is 1. The van der Waals surface area contributed by atoms with Crippen molar-refractivity contribution >= 4 is 11.0 Å². The summed E-state index contributed by atoms with van der Waals surface area (Å²) >= 11 is 0. The maximum atomic E-state index is 11.3. The molecular formula is C52H41N3O. The van der Waals surface area contributed by atoms with Gasteiger partial charge in [-0.1, -0.05) is 142 Å². The molecule has 0 aliphatic carbocycles. The molecule has 0 saturated heterocycles. The fourth-order valence-electron chi connectivity index (χ4n) is 7.73. The average molecular weight is 724 g/mol. The molecule has 0 atom stereocenters. The summed E-state index contributed by atoms with van der Waals surface area (Å²) in [5.41, 5.74) is 15.3. The maximum Gasteiger partial charge on any atom is 0.149 e. The third kappa shape index (κ3) is 6.56. The van der Waals surface area contributed by atoms with E-state index in [0.717, 1.165) is 61.4 Å². The Morgan fingerprint density at radius 2 is 1.07 bits per heavy atom. The highest BCUT2D eigenvalue weighted by Gasteiger charge is 2.24. The van der Waals surface area contributed by atoms with Crippen LogP contribution >= 0.6 is 0 Å². The molecule has 0 spiro atoms. The predicted molar refractivity (Wildman–Crippen MR) is 232 cm³/mol. The summed E-state index contributed by atoms with van der Waals surface area (Å²) in [5, 5.41) is 11.3. The minimum absolute atomic E-state index is 0.141. The van der Waals surface area contributed by atoms with Crippen molar-refractivity contribution in [1.82, 2.24) is 14.5 Å². The lowest BCUT2D eigenvalue weighted by molar-refractivity contribution is 0.477. The van der Waals surface area contributed by atoms with Crippen molar-refractivity contribution in [3.63, 3.8) is 0 Å². The van der Waals surface area contributed by atoms with Gasteiger partial charge in [-0.2, -0.15) is 0 Å². The van der Waals surface area contributed by atoms with Crippen LogP contribution in [0, 0.1) is 0 Å². The summed E-state index contributed by atoms with van der Waals surface area (Å²) in [6.07, 6.45) is 1.89. The molecule has 1 N–H and O–H groups in total. The lowest BCUT2D eigenvalue weighted by atomic mass is 9.81. The quantitative estimate of drug-likeness (QED) is 0.178. The topological polar surface area (TPSA) is 50.9 Å². The second kappa shape index (κ2) is 14.3. The molecule has 7 aromatic carbocycles. The van der Waals surface area contributed by atoms with E-state index in [0.29, 0.717) is 11.4 Å². The number of phenolic OH excluding ortho intramolecular Hbond substituents is 1. The van der Waals surface area contributed by atoms with Gasteiger partial charge in [0.05, 0.1) is 22.3 Å². The minimum Gasteiger partial charge on any atom is -0.507 e. The van der Waals surface area contributed by atoms with Crippen LogP contribution in [0.5, 0.6) is 5.75 Å². The monoisotopic (exact) mass is 723 g/mol. The fraction of sp³-hybridized carbons (Fsp3) is 0.0769. The summed E-state index contributed by atoms with van der Waals surface area (Å²) in [6, 6.07) is 63.0. The first-order valence-electron chi connectivity index (χ1n) is 19.0. The van der Waals surface area contributed by atoms with Gasteiger partial charge in [0.2, 0.25) is 0 Å². The van der Waals surface area contributed by atoms with Crippen LogP contribution in [0.1, 0.15) is 26.3 Å². The molecule has 0 saturated carbocycles. The number of aromatic nitrogens is 3. The number of phenols is 1. The smallest absolute Gasteiger partial charge is 0.149 e. The standard InChI is InChI=1S/C52H41N3O/c1-52(2,3)46-34-42(26-27-43(46)37-20-11-6-12-21-37)55-48-24-15-23-44(50(48)54-51(55)45-22-13-14-25-49(45)56)40-30-39(36-18-9-5-10-19-36)31-41(32-40)47-33-38(28-29-53-47)35-16-7-4-8-17-35/h4-34,56H,1-3H3. The van der Waals surface area contributed by atoms with E-state index in [4.69, 9.17) is 9.97 Å². The molecule has 0 unspecified atom stereocenters. The van der Waals surface area contributed by atoms with E-state index in [1.807, 2.05) is 36.5 Å². The molecule has 56 heavy (non-hydrogen) atoms.